The maximum absolute atomic E-state index is 12.4. The summed E-state index contributed by atoms with van der Waals surface area (Å²) in [6, 6.07) is 19.1. The average Bonchev–Trinajstić information content (AvgIpc) is 3.61. The largest absolute Gasteiger partial charge is 0.439 e. The summed E-state index contributed by atoms with van der Waals surface area (Å²) in [6.07, 6.45) is 2.97. The Morgan fingerprint density at radius 2 is 1.85 bits per heavy atom. The highest BCUT2D eigenvalue weighted by atomic mass is 32.1. The topological polar surface area (TPSA) is 93.2 Å². The molecule has 8 heteroatoms. The van der Waals surface area contributed by atoms with Crippen LogP contribution in [0, 0.1) is 12.8 Å². The van der Waals surface area contributed by atoms with E-state index >= 15 is 0 Å². The van der Waals surface area contributed by atoms with E-state index in [2.05, 4.69) is 20.6 Å². The molecule has 2 aromatic heterocycles. The highest BCUT2D eigenvalue weighted by Crippen LogP contribution is 2.33. The van der Waals surface area contributed by atoms with E-state index < -0.39 is 0 Å². The zero-order valence-corrected chi connectivity index (χ0v) is 19.5. The van der Waals surface area contributed by atoms with Crippen molar-refractivity contribution in [3.8, 4) is 11.6 Å². The standard InChI is InChI=1S/C26H24N4O3S/c1-16-7-11-19(27-22(31)13-8-17-5-3-2-4-6-17)15-21(16)33-23-14-12-20-25(29-23)34-26(28-20)30-24(32)18-9-10-18/h2-7,11-12,14-15,18H,8-10,13H2,1H3,(H,27,31)(H,28,30,32). The van der Waals surface area contributed by atoms with E-state index in [1.165, 1.54) is 11.3 Å². The summed E-state index contributed by atoms with van der Waals surface area (Å²) in [5.41, 5.74) is 3.43. The maximum Gasteiger partial charge on any atom is 0.229 e. The molecule has 34 heavy (non-hydrogen) atoms. The van der Waals surface area contributed by atoms with Gasteiger partial charge in [-0.25, -0.2) is 9.97 Å². The lowest BCUT2D eigenvalue weighted by Gasteiger charge is -2.11. The van der Waals surface area contributed by atoms with E-state index in [1.54, 1.807) is 12.1 Å². The van der Waals surface area contributed by atoms with Gasteiger partial charge in [-0.15, -0.1) is 0 Å². The lowest BCUT2D eigenvalue weighted by Crippen LogP contribution is -2.12. The van der Waals surface area contributed by atoms with Gasteiger partial charge in [0.1, 0.15) is 16.1 Å². The smallest absolute Gasteiger partial charge is 0.229 e. The molecule has 1 aliphatic rings. The third kappa shape index (κ3) is 5.40. The number of hydrogen-bond acceptors (Lipinski definition) is 6. The predicted octanol–water partition coefficient (Wildman–Crippen LogP) is 5.71. The van der Waals surface area contributed by atoms with Crippen LogP contribution in [0.1, 0.15) is 30.4 Å². The van der Waals surface area contributed by atoms with Crippen LogP contribution in [0.15, 0.2) is 60.7 Å². The molecule has 2 N–H and O–H groups in total. The number of ether oxygens (including phenoxy) is 1. The Labute approximate surface area is 201 Å². The minimum Gasteiger partial charge on any atom is -0.439 e. The van der Waals surface area contributed by atoms with E-state index in [0.717, 1.165) is 24.0 Å². The Bertz CT molecular complexity index is 1350. The number of nitrogens with one attached hydrogen (secondary N) is 2. The van der Waals surface area contributed by atoms with Crippen molar-refractivity contribution >= 4 is 44.3 Å². The zero-order chi connectivity index (χ0) is 23.5. The van der Waals surface area contributed by atoms with Crippen molar-refractivity contribution in [1.29, 1.82) is 0 Å². The third-order valence-electron chi connectivity index (χ3n) is 5.58. The third-order valence-corrected chi connectivity index (χ3v) is 6.46. The van der Waals surface area contributed by atoms with Gasteiger partial charge in [0.15, 0.2) is 5.13 Å². The summed E-state index contributed by atoms with van der Waals surface area (Å²) in [6.45, 7) is 1.94. The van der Waals surface area contributed by atoms with Crippen molar-refractivity contribution < 1.29 is 14.3 Å². The van der Waals surface area contributed by atoms with Gasteiger partial charge in [0.05, 0.1) is 0 Å². The summed E-state index contributed by atoms with van der Waals surface area (Å²) in [5, 5.41) is 6.36. The van der Waals surface area contributed by atoms with Crippen LogP contribution < -0.4 is 15.4 Å². The molecule has 0 aliphatic heterocycles. The average molecular weight is 473 g/mol. The molecule has 0 unspecified atom stereocenters. The molecule has 5 rings (SSSR count). The van der Waals surface area contributed by atoms with Crippen molar-refractivity contribution in [2.45, 2.75) is 32.6 Å². The van der Waals surface area contributed by atoms with Gasteiger partial charge in [-0.05, 0) is 49.4 Å². The fourth-order valence-electron chi connectivity index (χ4n) is 3.49. The number of fused-ring (bicyclic) bond motifs is 1. The molecule has 7 nitrogen and oxygen atoms in total. The van der Waals surface area contributed by atoms with Crippen molar-refractivity contribution in [1.82, 2.24) is 9.97 Å². The zero-order valence-electron chi connectivity index (χ0n) is 18.7. The quantitative estimate of drug-likeness (QED) is 0.343. The summed E-state index contributed by atoms with van der Waals surface area (Å²) < 4.78 is 6.04. The molecule has 2 amide bonds. The van der Waals surface area contributed by atoms with Crippen LogP contribution in [0.3, 0.4) is 0 Å². The highest BCUT2D eigenvalue weighted by Gasteiger charge is 2.30. The number of amides is 2. The molecular formula is C26H24N4O3S. The first-order valence-electron chi connectivity index (χ1n) is 11.2. The van der Waals surface area contributed by atoms with Gasteiger partial charge >= 0.3 is 0 Å². The first-order chi connectivity index (χ1) is 16.5. The second-order valence-corrected chi connectivity index (χ2v) is 9.35. The summed E-state index contributed by atoms with van der Waals surface area (Å²) >= 11 is 1.32. The van der Waals surface area contributed by atoms with E-state index in [4.69, 9.17) is 4.74 Å². The van der Waals surface area contributed by atoms with Crippen LogP contribution in [0.4, 0.5) is 10.8 Å². The summed E-state index contributed by atoms with van der Waals surface area (Å²) in [4.78, 5) is 34.1. The Morgan fingerprint density at radius 1 is 1.03 bits per heavy atom. The fraction of sp³-hybridized carbons (Fsp3) is 0.231. The number of anilines is 2. The first-order valence-corrected chi connectivity index (χ1v) is 12.1. The van der Waals surface area contributed by atoms with E-state index in [0.29, 0.717) is 45.6 Å². The lowest BCUT2D eigenvalue weighted by atomic mass is 10.1. The molecule has 1 aliphatic carbocycles. The molecule has 2 heterocycles. The number of pyridine rings is 1. The number of thiazole rings is 1. The number of benzene rings is 2. The Kier molecular flexibility index (Phi) is 6.22. The van der Waals surface area contributed by atoms with Crippen molar-refractivity contribution in [3.05, 3.63) is 71.8 Å². The SMILES string of the molecule is Cc1ccc(NC(=O)CCc2ccccc2)cc1Oc1ccc2nc(NC(=O)C3CC3)sc2n1. The molecule has 4 aromatic rings. The minimum atomic E-state index is -0.0522. The molecule has 0 spiro atoms. The molecule has 0 bridgehead atoms. The number of nitrogens with zero attached hydrogens (tertiary/aromatic N) is 2. The van der Waals surface area contributed by atoms with Crippen LogP contribution in [-0.4, -0.2) is 21.8 Å². The number of aromatic nitrogens is 2. The highest BCUT2D eigenvalue weighted by molar-refractivity contribution is 7.21. The van der Waals surface area contributed by atoms with Gasteiger partial charge in [-0.1, -0.05) is 47.7 Å². The van der Waals surface area contributed by atoms with Gasteiger partial charge in [-0.3, -0.25) is 9.59 Å². The van der Waals surface area contributed by atoms with E-state index in [1.807, 2.05) is 55.5 Å². The first kappa shape index (κ1) is 22.0. The number of aryl methyl sites for hydroxylation is 2. The molecule has 2 aromatic carbocycles. The Balaban J connectivity index is 1.25. The second kappa shape index (κ2) is 9.61. The summed E-state index contributed by atoms with van der Waals surface area (Å²) in [5.74, 6) is 1.12. The molecule has 1 fully saturated rings. The Hall–Kier alpha value is -3.78. The van der Waals surface area contributed by atoms with Crippen LogP contribution >= 0.6 is 11.3 Å². The van der Waals surface area contributed by atoms with Gasteiger partial charge in [0, 0.05) is 30.2 Å². The molecule has 1 saturated carbocycles. The van der Waals surface area contributed by atoms with Gasteiger partial charge < -0.3 is 15.4 Å². The van der Waals surface area contributed by atoms with Crippen LogP contribution in [0.25, 0.3) is 10.3 Å². The van der Waals surface area contributed by atoms with E-state index in [-0.39, 0.29) is 17.7 Å². The van der Waals surface area contributed by atoms with Crippen LogP contribution in [0.5, 0.6) is 11.6 Å². The molecule has 0 saturated heterocycles. The lowest BCUT2D eigenvalue weighted by molar-refractivity contribution is -0.117. The second-order valence-electron chi connectivity index (χ2n) is 8.37. The normalized spacial score (nSPS) is 13.0. The van der Waals surface area contributed by atoms with E-state index in [9.17, 15) is 9.59 Å². The monoisotopic (exact) mass is 472 g/mol. The maximum atomic E-state index is 12.4. The number of hydrogen-bond donors (Lipinski definition) is 2. The molecule has 0 atom stereocenters. The summed E-state index contributed by atoms with van der Waals surface area (Å²) in [7, 11) is 0. The van der Waals surface area contributed by atoms with Gasteiger partial charge in [-0.2, -0.15) is 0 Å². The van der Waals surface area contributed by atoms with Crippen molar-refractivity contribution in [2.75, 3.05) is 10.6 Å². The molecular weight excluding hydrogens is 448 g/mol. The van der Waals surface area contributed by atoms with Crippen LogP contribution in [-0.2, 0) is 16.0 Å². The van der Waals surface area contributed by atoms with Gasteiger partial charge in [0.2, 0.25) is 17.7 Å². The van der Waals surface area contributed by atoms with Crippen LogP contribution in [0.2, 0.25) is 0 Å². The number of rotatable bonds is 8. The fourth-order valence-corrected chi connectivity index (χ4v) is 4.32. The Morgan fingerprint density at radius 3 is 2.65 bits per heavy atom. The number of carbonyl (C=O) groups excluding carboxylic acids is 2. The van der Waals surface area contributed by atoms with Gasteiger partial charge in [0.25, 0.3) is 0 Å². The number of carbonyl (C=O) groups is 2. The van der Waals surface area contributed by atoms with Crippen molar-refractivity contribution in [3.63, 3.8) is 0 Å². The van der Waals surface area contributed by atoms with Crippen molar-refractivity contribution in [2.24, 2.45) is 5.92 Å². The minimum absolute atomic E-state index is 0.0220. The molecule has 172 valence electrons. The molecule has 0 radical (unpaired) electrons. The predicted molar refractivity (Wildman–Crippen MR) is 133 cm³/mol.